The van der Waals surface area contributed by atoms with Crippen LogP contribution in [-0.4, -0.2) is 35.5 Å². The molecule has 0 aliphatic carbocycles. The highest BCUT2D eigenvalue weighted by Gasteiger charge is 2.24. The quantitative estimate of drug-likeness (QED) is 0.429. The Hall–Kier alpha value is -1.37. The molecule has 2 unspecified atom stereocenters. The maximum Gasteiger partial charge on any atom is 0.194 e. The Bertz CT molecular complexity index is 700. The molecule has 2 aromatic rings. The molecule has 2 heterocycles. The Morgan fingerprint density at radius 2 is 1.92 bits per heavy atom. The van der Waals surface area contributed by atoms with Gasteiger partial charge in [-0.3, -0.25) is 4.98 Å². The number of aromatic nitrogens is 1. The number of guanidine groups is 1. The summed E-state index contributed by atoms with van der Waals surface area (Å²) < 4.78 is 0. The third-order valence-electron chi connectivity index (χ3n) is 4.64. The van der Waals surface area contributed by atoms with Gasteiger partial charge < -0.3 is 10.2 Å². The number of nitrogens with one attached hydrogen (secondary N) is 1. The maximum atomic E-state index is 4.90. The second-order valence-corrected chi connectivity index (χ2v) is 7.00. The van der Waals surface area contributed by atoms with Crippen LogP contribution in [0.3, 0.4) is 0 Å². The van der Waals surface area contributed by atoms with E-state index in [0.717, 1.165) is 31.3 Å². The predicted octanol–water partition coefficient (Wildman–Crippen LogP) is 4.30. The number of halogens is 1. The number of hydrogen-bond donors (Lipinski definition) is 1. The van der Waals surface area contributed by atoms with Crippen molar-refractivity contribution in [2.45, 2.75) is 33.7 Å². The third-order valence-corrected chi connectivity index (χ3v) is 4.64. The van der Waals surface area contributed by atoms with Crippen LogP contribution in [0.4, 0.5) is 0 Å². The fraction of sp³-hybridized carbons (Fsp3) is 0.500. The van der Waals surface area contributed by atoms with Crippen molar-refractivity contribution in [2.75, 3.05) is 19.6 Å². The maximum absolute atomic E-state index is 4.90. The molecule has 0 amide bonds. The molecule has 3 rings (SSSR count). The SMILES string of the molecule is CCNC(=NCc1nccc2ccccc12)N1CC(C)CC(C)C1.I. The van der Waals surface area contributed by atoms with Gasteiger partial charge in [0, 0.05) is 31.2 Å². The second-order valence-electron chi connectivity index (χ2n) is 7.00. The van der Waals surface area contributed by atoms with E-state index in [1.165, 1.54) is 17.2 Å². The van der Waals surface area contributed by atoms with E-state index >= 15 is 0 Å². The molecule has 1 aliphatic heterocycles. The van der Waals surface area contributed by atoms with Gasteiger partial charge in [-0.15, -0.1) is 24.0 Å². The Morgan fingerprint density at radius 3 is 2.64 bits per heavy atom. The first-order valence-electron chi connectivity index (χ1n) is 9.03. The zero-order valence-corrected chi connectivity index (χ0v) is 17.7. The Morgan fingerprint density at radius 1 is 1.20 bits per heavy atom. The molecule has 1 aliphatic rings. The summed E-state index contributed by atoms with van der Waals surface area (Å²) in [4.78, 5) is 11.9. The molecule has 136 valence electrons. The van der Waals surface area contributed by atoms with Crippen molar-refractivity contribution in [3.05, 3.63) is 42.2 Å². The van der Waals surface area contributed by atoms with Crippen LogP contribution >= 0.6 is 24.0 Å². The number of hydrogen-bond acceptors (Lipinski definition) is 2. The van der Waals surface area contributed by atoms with E-state index in [0.29, 0.717) is 18.4 Å². The van der Waals surface area contributed by atoms with Crippen LogP contribution in [0.1, 0.15) is 32.9 Å². The molecule has 0 saturated carbocycles. The Balaban J connectivity index is 0.00000225. The van der Waals surface area contributed by atoms with Gasteiger partial charge in [0.2, 0.25) is 0 Å². The van der Waals surface area contributed by atoms with Crippen molar-refractivity contribution in [3.63, 3.8) is 0 Å². The lowest BCUT2D eigenvalue weighted by Gasteiger charge is -2.37. The van der Waals surface area contributed by atoms with Gasteiger partial charge in [0.1, 0.15) is 0 Å². The third kappa shape index (κ3) is 5.06. The zero-order valence-electron chi connectivity index (χ0n) is 15.4. The summed E-state index contributed by atoms with van der Waals surface area (Å²) in [6.45, 7) is 10.5. The molecule has 1 N–H and O–H groups in total. The summed E-state index contributed by atoms with van der Waals surface area (Å²) in [6.07, 6.45) is 3.19. The monoisotopic (exact) mass is 452 g/mol. The first-order chi connectivity index (χ1) is 11.7. The highest BCUT2D eigenvalue weighted by Crippen LogP contribution is 2.21. The number of benzene rings is 1. The van der Waals surface area contributed by atoms with Gasteiger partial charge in [0.25, 0.3) is 0 Å². The van der Waals surface area contributed by atoms with Gasteiger partial charge in [-0.05, 0) is 36.6 Å². The molecule has 1 fully saturated rings. The van der Waals surface area contributed by atoms with E-state index < -0.39 is 0 Å². The highest BCUT2D eigenvalue weighted by molar-refractivity contribution is 14.0. The second kappa shape index (κ2) is 9.36. The summed E-state index contributed by atoms with van der Waals surface area (Å²) in [5.41, 5.74) is 1.04. The molecular formula is C20H29IN4. The predicted molar refractivity (Wildman–Crippen MR) is 116 cm³/mol. The highest BCUT2D eigenvalue weighted by atomic mass is 127. The first-order valence-corrected chi connectivity index (χ1v) is 9.03. The number of piperidine rings is 1. The number of aliphatic imine (C=N–C) groups is 1. The van der Waals surface area contributed by atoms with Crippen molar-refractivity contribution in [1.29, 1.82) is 0 Å². The van der Waals surface area contributed by atoms with Crippen molar-refractivity contribution in [2.24, 2.45) is 16.8 Å². The number of pyridine rings is 1. The van der Waals surface area contributed by atoms with Gasteiger partial charge in [-0.2, -0.15) is 0 Å². The Kier molecular flexibility index (Phi) is 7.47. The minimum Gasteiger partial charge on any atom is -0.357 e. The van der Waals surface area contributed by atoms with Crippen molar-refractivity contribution >= 4 is 40.7 Å². The zero-order chi connectivity index (χ0) is 16.9. The van der Waals surface area contributed by atoms with Gasteiger partial charge in [-0.25, -0.2) is 4.99 Å². The molecule has 2 atom stereocenters. The lowest BCUT2D eigenvalue weighted by molar-refractivity contribution is 0.208. The average Bonchev–Trinajstić information content (AvgIpc) is 2.57. The molecule has 1 aromatic carbocycles. The topological polar surface area (TPSA) is 40.5 Å². The lowest BCUT2D eigenvalue weighted by atomic mass is 9.92. The molecule has 25 heavy (non-hydrogen) atoms. The summed E-state index contributed by atoms with van der Waals surface area (Å²) in [5, 5.41) is 5.88. The summed E-state index contributed by atoms with van der Waals surface area (Å²) in [6, 6.07) is 10.4. The number of likely N-dealkylation sites (tertiary alicyclic amines) is 1. The number of fused-ring (bicyclic) bond motifs is 1. The lowest BCUT2D eigenvalue weighted by Crippen LogP contribution is -2.48. The molecule has 0 bridgehead atoms. The van der Waals surface area contributed by atoms with E-state index in [-0.39, 0.29) is 24.0 Å². The molecule has 1 saturated heterocycles. The molecule has 4 nitrogen and oxygen atoms in total. The van der Waals surface area contributed by atoms with Crippen molar-refractivity contribution in [1.82, 2.24) is 15.2 Å². The minimum atomic E-state index is 0. The van der Waals surface area contributed by atoms with Crippen LogP contribution in [0, 0.1) is 11.8 Å². The molecule has 0 spiro atoms. The smallest absolute Gasteiger partial charge is 0.194 e. The molecular weight excluding hydrogens is 423 g/mol. The minimum absolute atomic E-state index is 0. The number of nitrogens with zero attached hydrogens (tertiary/aromatic N) is 3. The molecule has 5 heteroatoms. The van der Waals surface area contributed by atoms with E-state index in [2.05, 4.69) is 66.3 Å². The average molecular weight is 452 g/mol. The number of rotatable bonds is 3. The summed E-state index contributed by atoms with van der Waals surface area (Å²) in [7, 11) is 0. The standard InChI is InChI=1S/C20H28N4.HI/c1-4-21-20(24-13-15(2)11-16(3)14-24)23-12-19-18-8-6-5-7-17(18)9-10-22-19;/h5-10,15-16H,4,11-14H2,1-3H3,(H,21,23);1H. The van der Waals surface area contributed by atoms with E-state index in [9.17, 15) is 0 Å². The van der Waals surface area contributed by atoms with Crippen LogP contribution in [0.15, 0.2) is 41.5 Å². The van der Waals surface area contributed by atoms with E-state index in [4.69, 9.17) is 4.99 Å². The molecule has 0 radical (unpaired) electrons. The van der Waals surface area contributed by atoms with E-state index in [1.807, 2.05) is 6.20 Å². The summed E-state index contributed by atoms with van der Waals surface area (Å²) >= 11 is 0. The van der Waals surface area contributed by atoms with Gasteiger partial charge in [0.15, 0.2) is 5.96 Å². The van der Waals surface area contributed by atoms with Crippen LogP contribution in [-0.2, 0) is 6.54 Å². The van der Waals surface area contributed by atoms with Crippen LogP contribution < -0.4 is 5.32 Å². The van der Waals surface area contributed by atoms with Gasteiger partial charge in [-0.1, -0.05) is 38.1 Å². The van der Waals surface area contributed by atoms with Crippen LogP contribution in [0.2, 0.25) is 0 Å². The van der Waals surface area contributed by atoms with Gasteiger partial charge in [0.05, 0.1) is 12.2 Å². The van der Waals surface area contributed by atoms with Crippen LogP contribution in [0.25, 0.3) is 10.8 Å². The fourth-order valence-corrected chi connectivity index (χ4v) is 3.72. The van der Waals surface area contributed by atoms with Gasteiger partial charge >= 0.3 is 0 Å². The Labute approximate surface area is 168 Å². The van der Waals surface area contributed by atoms with Crippen molar-refractivity contribution < 1.29 is 0 Å². The summed E-state index contributed by atoms with van der Waals surface area (Å²) in [5.74, 6) is 2.45. The van der Waals surface area contributed by atoms with Crippen LogP contribution in [0.5, 0.6) is 0 Å². The first kappa shape index (κ1) is 19.9. The largest absolute Gasteiger partial charge is 0.357 e. The molecule has 1 aromatic heterocycles. The van der Waals surface area contributed by atoms with Crippen molar-refractivity contribution in [3.8, 4) is 0 Å². The normalized spacial score (nSPS) is 21.1. The fourth-order valence-electron chi connectivity index (χ4n) is 3.72. The van der Waals surface area contributed by atoms with E-state index in [1.54, 1.807) is 0 Å².